The maximum Gasteiger partial charge on any atom is 0.305 e. The summed E-state index contributed by atoms with van der Waals surface area (Å²) < 4.78 is 0. The fourth-order valence-corrected chi connectivity index (χ4v) is 0.536. The first kappa shape index (κ1) is 9.94. The van der Waals surface area contributed by atoms with Gasteiger partial charge >= 0.3 is 5.97 Å². The van der Waals surface area contributed by atoms with Gasteiger partial charge in [0, 0.05) is 19.8 Å². The standard InChI is InChI=1S/C7H14N2O2/c1-3-5-8-9(2)6-4-7(10)11/h5H,3-4,6H2,1-2H3,(H,10,11)/b8-5-. The number of hydrogen-bond acceptors (Lipinski definition) is 3. The van der Waals surface area contributed by atoms with Crippen LogP contribution in [0.1, 0.15) is 19.8 Å². The van der Waals surface area contributed by atoms with Crippen LogP contribution >= 0.6 is 0 Å². The zero-order valence-electron chi connectivity index (χ0n) is 6.95. The van der Waals surface area contributed by atoms with Crippen LogP contribution in [-0.2, 0) is 4.79 Å². The van der Waals surface area contributed by atoms with Crippen molar-refractivity contribution in [3.8, 4) is 0 Å². The molecule has 0 amide bonds. The first-order valence-corrected chi connectivity index (χ1v) is 3.62. The Kier molecular flexibility index (Phi) is 5.15. The number of aliphatic carboxylic acids is 1. The van der Waals surface area contributed by atoms with Crippen LogP contribution in [-0.4, -0.2) is 35.9 Å². The molecular formula is C7H14N2O2. The summed E-state index contributed by atoms with van der Waals surface area (Å²) in [4.78, 5) is 10.1. The lowest BCUT2D eigenvalue weighted by Crippen LogP contribution is -2.15. The second kappa shape index (κ2) is 5.70. The number of hydrogen-bond donors (Lipinski definition) is 1. The summed E-state index contributed by atoms with van der Waals surface area (Å²) in [7, 11) is 1.76. The third-order valence-electron chi connectivity index (χ3n) is 1.11. The Bertz CT molecular complexity index is 145. The summed E-state index contributed by atoms with van der Waals surface area (Å²) in [6, 6.07) is 0. The summed E-state index contributed by atoms with van der Waals surface area (Å²) >= 11 is 0. The minimum absolute atomic E-state index is 0.136. The van der Waals surface area contributed by atoms with Crippen molar-refractivity contribution >= 4 is 12.2 Å². The quantitative estimate of drug-likeness (QED) is 0.475. The van der Waals surface area contributed by atoms with E-state index in [0.717, 1.165) is 6.42 Å². The van der Waals surface area contributed by atoms with Gasteiger partial charge in [-0.15, -0.1) is 0 Å². The number of hydrazone groups is 1. The third kappa shape index (κ3) is 6.83. The van der Waals surface area contributed by atoms with E-state index in [-0.39, 0.29) is 6.42 Å². The molecular weight excluding hydrogens is 144 g/mol. The lowest BCUT2D eigenvalue weighted by molar-refractivity contribution is -0.137. The van der Waals surface area contributed by atoms with Gasteiger partial charge in [0.05, 0.1) is 6.42 Å². The highest BCUT2D eigenvalue weighted by molar-refractivity contribution is 5.66. The Labute approximate surface area is 66.5 Å². The molecule has 1 N–H and O–H groups in total. The maximum absolute atomic E-state index is 10.1. The molecule has 0 aromatic carbocycles. The maximum atomic E-state index is 10.1. The molecule has 0 radical (unpaired) electrons. The van der Waals surface area contributed by atoms with Gasteiger partial charge in [0.2, 0.25) is 0 Å². The van der Waals surface area contributed by atoms with E-state index >= 15 is 0 Å². The average molecular weight is 158 g/mol. The van der Waals surface area contributed by atoms with Crippen LogP contribution in [0.25, 0.3) is 0 Å². The molecule has 0 aliphatic heterocycles. The predicted octanol–water partition coefficient (Wildman–Crippen LogP) is 0.789. The predicted molar refractivity (Wildman–Crippen MR) is 43.7 cm³/mol. The average Bonchev–Trinajstić information content (AvgIpc) is 1.97. The van der Waals surface area contributed by atoms with Crippen molar-refractivity contribution in [2.24, 2.45) is 5.10 Å². The number of rotatable bonds is 5. The lowest BCUT2D eigenvalue weighted by Gasteiger charge is -2.09. The third-order valence-corrected chi connectivity index (χ3v) is 1.11. The van der Waals surface area contributed by atoms with Crippen LogP contribution in [0, 0.1) is 0 Å². The van der Waals surface area contributed by atoms with Gasteiger partial charge in [0.1, 0.15) is 0 Å². The highest BCUT2D eigenvalue weighted by Crippen LogP contribution is 1.87. The van der Waals surface area contributed by atoms with E-state index in [1.165, 1.54) is 0 Å². The van der Waals surface area contributed by atoms with Gasteiger partial charge in [0.25, 0.3) is 0 Å². The minimum Gasteiger partial charge on any atom is -0.481 e. The molecule has 0 atom stereocenters. The smallest absolute Gasteiger partial charge is 0.305 e. The van der Waals surface area contributed by atoms with E-state index in [9.17, 15) is 4.79 Å². The van der Waals surface area contributed by atoms with Gasteiger partial charge in [-0.25, -0.2) is 0 Å². The number of carboxylic acids is 1. The van der Waals surface area contributed by atoms with Crippen molar-refractivity contribution in [1.82, 2.24) is 5.01 Å². The zero-order chi connectivity index (χ0) is 8.69. The van der Waals surface area contributed by atoms with E-state index in [1.54, 1.807) is 18.3 Å². The molecule has 0 aliphatic carbocycles. The topological polar surface area (TPSA) is 52.9 Å². The van der Waals surface area contributed by atoms with Gasteiger partial charge in [0.15, 0.2) is 0 Å². The molecule has 0 saturated carbocycles. The normalized spacial score (nSPS) is 10.4. The molecule has 0 saturated heterocycles. The molecule has 0 rings (SSSR count). The molecule has 0 bridgehead atoms. The van der Waals surface area contributed by atoms with Crippen molar-refractivity contribution in [2.45, 2.75) is 19.8 Å². The molecule has 0 aromatic heterocycles. The summed E-state index contributed by atoms with van der Waals surface area (Å²) in [5, 5.41) is 13.9. The van der Waals surface area contributed by atoms with E-state index < -0.39 is 5.97 Å². The Morgan fingerprint density at radius 1 is 1.73 bits per heavy atom. The molecule has 0 unspecified atom stereocenters. The SMILES string of the molecule is CC/C=N\N(C)CCC(=O)O. The first-order chi connectivity index (χ1) is 5.16. The van der Waals surface area contributed by atoms with Gasteiger partial charge in [-0.05, 0) is 6.42 Å². The van der Waals surface area contributed by atoms with Gasteiger partial charge in [-0.3, -0.25) is 9.80 Å². The Morgan fingerprint density at radius 2 is 2.36 bits per heavy atom. The van der Waals surface area contributed by atoms with Crippen LogP contribution in [0.2, 0.25) is 0 Å². The van der Waals surface area contributed by atoms with Crippen LogP contribution in [0.4, 0.5) is 0 Å². The van der Waals surface area contributed by atoms with Crippen molar-refractivity contribution < 1.29 is 9.90 Å². The monoisotopic (exact) mass is 158 g/mol. The summed E-state index contributed by atoms with van der Waals surface area (Å²) in [5.41, 5.74) is 0. The van der Waals surface area contributed by atoms with Gasteiger partial charge in [-0.1, -0.05) is 6.92 Å². The van der Waals surface area contributed by atoms with E-state index in [1.807, 2.05) is 6.92 Å². The number of carboxylic acid groups (broad SMARTS) is 1. The molecule has 64 valence electrons. The van der Waals surface area contributed by atoms with E-state index in [0.29, 0.717) is 6.54 Å². The molecule has 4 nitrogen and oxygen atoms in total. The fraction of sp³-hybridized carbons (Fsp3) is 0.714. The van der Waals surface area contributed by atoms with Crippen LogP contribution in [0.15, 0.2) is 5.10 Å². The molecule has 0 fully saturated rings. The summed E-state index contributed by atoms with van der Waals surface area (Å²) in [6.45, 7) is 2.44. The van der Waals surface area contributed by atoms with Crippen LogP contribution in [0.3, 0.4) is 0 Å². The molecule has 0 aromatic rings. The van der Waals surface area contributed by atoms with Crippen molar-refractivity contribution in [3.63, 3.8) is 0 Å². The first-order valence-electron chi connectivity index (χ1n) is 3.62. The second-order valence-electron chi connectivity index (χ2n) is 2.23. The Morgan fingerprint density at radius 3 is 2.82 bits per heavy atom. The summed E-state index contributed by atoms with van der Waals surface area (Å²) in [6.07, 6.45) is 2.76. The molecule has 0 heterocycles. The zero-order valence-corrected chi connectivity index (χ0v) is 6.95. The molecule has 11 heavy (non-hydrogen) atoms. The Balaban J connectivity index is 3.44. The minimum atomic E-state index is -0.788. The van der Waals surface area contributed by atoms with Crippen molar-refractivity contribution in [1.29, 1.82) is 0 Å². The molecule has 4 heteroatoms. The van der Waals surface area contributed by atoms with Gasteiger partial charge < -0.3 is 5.11 Å². The highest BCUT2D eigenvalue weighted by atomic mass is 16.4. The van der Waals surface area contributed by atoms with Crippen LogP contribution < -0.4 is 0 Å². The molecule has 0 spiro atoms. The Hall–Kier alpha value is -1.06. The second-order valence-corrected chi connectivity index (χ2v) is 2.23. The highest BCUT2D eigenvalue weighted by Gasteiger charge is 1.97. The summed E-state index contributed by atoms with van der Waals surface area (Å²) in [5.74, 6) is -0.788. The van der Waals surface area contributed by atoms with Crippen molar-refractivity contribution in [3.05, 3.63) is 0 Å². The lowest BCUT2D eigenvalue weighted by atomic mass is 10.4. The fourth-order valence-electron chi connectivity index (χ4n) is 0.536. The van der Waals surface area contributed by atoms with E-state index in [4.69, 9.17) is 5.11 Å². The largest absolute Gasteiger partial charge is 0.481 e. The van der Waals surface area contributed by atoms with Crippen LogP contribution in [0.5, 0.6) is 0 Å². The van der Waals surface area contributed by atoms with Gasteiger partial charge in [-0.2, -0.15) is 5.10 Å². The van der Waals surface area contributed by atoms with Crippen molar-refractivity contribution in [2.75, 3.05) is 13.6 Å². The van der Waals surface area contributed by atoms with E-state index in [2.05, 4.69) is 5.10 Å². The number of nitrogens with zero attached hydrogens (tertiary/aromatic N) is 2. The number of carbonyl (C=O) groups is 1. The molecule has 0 aliphatic rings.